The van der Waals surface area contributed by atoms with Gasteiger partial charge in [-0.05, 0) is 48.9 Å². The first-order valence-corrected chi connectivity index (χ1v) is 8.57. The lowest BCUT2D eigenvalue weighted by Gasteiger charge is -2.12. The predicted molar refractivity (Wildman–Crippen MR) is 89.6 cm³/mol. The third kappa shape index (κ3) is 7.65. The van der Waals surface area contributed by atoms with Gasteiger partial charge in [0.2, 0.25) is 5.91 Å². The SMILES string of the molecule is O=C(CSC(F)(F)F)Nc1ccc(NC(=O)NCC2CCCO2)cc1. The van der Waals surface area contributed by atoms with Gasteiger partial charge in [-0.3, -0.25) is 4.79 Å². The maximum absolute atomic E-state index is 12.0. The number of rotatable bonds is 6. The monoisotopic (exact) mass is 377 g/mol. The van der Waals surface area contributed by atoms with E-state index in [1.165, 1.54) is 24.3 Å². The Bertz CT molecular complexity index is 590. The summed E-state index contributed by atoms with van der Waals surface area (Å²) in [4.78, 5) is 23.2. The molecule has 1 aromatic rings. The molecule has 1 saturated heterocycles. The van der Waals surface area contributed by atoms with Gasteiger partial charge in [0.25, 0.3) is 0 Å². The van der Waals surface area contributed by atoms with Crippen LogP contribution in [0.1, 0.15) is 12.8 Å². The van der Waals surface area contributed by atoms with Crippen LogP contribution in [0, 0.1) is 0 Å². The number of thioether (sulfide) groups is 1. The van der Waals surface area contributed by atoms with E-state index in [2.05, 4.69) is 16.0 Å². The Labute approximate surface area is 146 Å². The van der Waals surface area contributed by atoms with Crippen LogP contribution < -0.4 is 16.0 Å². The zero-order valence-electron chi connectivity index (χ0n) is 13.2. The normalized spacial score (nSPS) is 17.2. The highest BCUT2D eigenvalue weighted by molar-refractivity contribution is 8.00. The number of halogens is 3. The number of hydrogen-bond acceptors (Lipinski definition) is 4. The Morgan fingerprint density at radius 3 is 2.36 bits per heavy atom. The van der Waals surface area contributed by atoms with Crippen molar-refractivity contribution in [3.8, 4) is 0 Å². The van der Waals surface area contributed by atoms with E-state index in [0.717, 1.165) is 12.8 Å². The van der Waals surface area contributed by atoms with Crippen molar-refractivity contribution in [2.75, 3.05) is 29.5 Å². The van der Waals surface area contributed by atoms with Crippen LogP contribution >= 0.6 is 11.8 Å². The van der Waals surface area contributed by atoms with Crippen molar-refractivity contribution in [1.82, 2.24) is 5.32 Å². The van der Waals surface area contributed by atoms with Crippen molar-refractivity contribution in [1.29, 1.82) is 0 Å². The van der Waals surface area contributed by atoms with Crippen LogP contribution in [0.15, 0.2) is 24.3 Å². The molecule has 6 nitrogen and oxygen atoms in total. The van der Waals surface area contributed by atoms with E-state index in [4.69, 9.17) is 4.74 Å². The third-order valence-electron chi connectivity index (χ3n) is 3.31. The molecule has 0 aliphatic carbocycles. The summed E-state index contributed by atoms with van der Waals surface area (Å²) in [6.07, 6.45) is 1.95. The summed E-state index contributed by atoms with van der Waals surface area (Å²) in [6, 6.07) is 5.68. The van der Waals surface area contributed by atoms with E-state index in [0.29, 0.717) is 24.5 Å². The predicted octanol–water partition coefficient (Wildman–Crippen LogP) is 3.18. The van der Waals surface area contributed by atoms with Crippen LogP contribution in [-0.2, 0) is 9.53 Å². The summed E-state index contributed by atoms with van der Waals surface area (Å²) in [5.41, 5.74) is -3.60. The molecule has 0 aromatic heterocycles. The Hall–Kier alpha value is -1.94. The fourth-order valence-electron chi connectivity index (χ4n) is 2.17. The molecule has 1 atom stereocenters. The van der Waals surface area contributed by atoms with Crippen LogP contribution in [0.2, 0.25) is 0 Å². The molecule has 1 aliphatic heterocycles. The molecule has 138 valence electrons. The maximum Gasteiger partial charge on any atom is 0.442 e. The molecule has 1 fully saturated rings. The van der Waals surface area contributed by atoms with Crippen molar-refractivity contribution < 1.29 is 27.5 Å². The number of alkyl halides is 3. The Morgan fingerprint density at radius 2 is 1.80 bits per heavy atom. The van der Waals surface area contributed by atoms with Gasteiger partial charge in [0, 0.05) is 24.5 Å². The fraction of sp³-hybridized carbons (Fsp3) is 0.467. The molecule has 0 saturated carbocycles. The first-order valence-electron chi connectivity index (χ1n) is 7.59. The zero-order chi connectivity index (χ0) is 18.3. The summed E-state index contributed by atoms with van der Waals surface area (Å²) < 4.78 is 41.5. The number of anilines is 2. The second-order valence-electron chi connectivity index (χ2n) is 5.33. The molecule has 1 unspecified atom stereocenters. The molecular weight excluding hydrogens is 359 g/mol. The van der Waals surface area contributed by atoms with E-state index in [1.807, 2.05) is 0 Å². The number of amides is 3. The van der Waals surface area contributed by atoms with Crippen LogP contribution in [-0.4, -0.2) is 42.5 Å². The number of nitrogens with one attached hydrogen (secondary N) is 3. The van der Waals surface area contributed by atoms with Crippen molar-refractivity contribution in [2.45, 2.75) is 24.5 Å². The fourth-order valence-corrected chi connectivity index (χ4v) is 2.54. The summed E-state index contributed by atoms with van der Waals surface area (Å²) in [6.45, 7) is 1.14. The minimum atomic E-state index is -4.44. The number of urea groups is 1. The van der Waals surface area contributed by atoms with E-state index in [9.17, 15) is 22.8 Å². The number of carbonyl (C=O) groups excluding carboxylic acids is 2. The Balaban J connectivity index is 1.73. The molecule has 1 aliphatic rings. The van der Waals surface area contributed by atoms with Crippen molar-refractivity contribution in [3.63, 3.8) is 0 Å². The number of benzene rings is 1. The smallest absolute Gasteiger partial charge is 0.376 e. The molecule has 1 heterocycles. The van der Waals surface area contributed by atoms with Gasteiger partial charge >= 0.3 is 11.5 Å². The summed E-state index contributed by atoms with van der Waals surface area (Å²) >= 11 is -0.399. The minimum Gasteiger partial charge on any atom is -0.376 e. The lowest BCUT2D eigenvalue weighted by Crippen LogP contribution is -2.35. The highest BCUT2D eigenvalue weighted by atomic mass is 32.2. The van der Waals surface area contributed by atoms with Gasteiger partial charge in [-0.1, -0.05) is 0 Å². The van der Waals surface area contributed by atoms with Crippen molar-refractivity contribution in [3.05, 3.63) is 24.3 Å². The molecule has 1 aromatic carbocycles. The maximum atomic E-state index is 12.0. The topological polar surface area (TPSA) is 79.5 Å². The number of ether oxygens (including phenoxy) is 1. The Kier molecular flexibility index (Phi) is 6.94. The van der Waals surface area contributed by atoms with E-state index in [1.54, 1.807) is 0 Å². The highest BCUT2D eigenvalue weighted by Crippen LogP contribution is 2.29. The van der Waals surface area contributed by atoms with Gasteiger partial charge < -0.3 is 20.7 Å². The summed E-state index contributed by atoms with van der Waals surface area (Å²) in [5.74, 6) is -1.47. The summed E-state index contributed by atoms with van der Waals surface area (Å²) in [5, 5.41) is 7.67. The second-order valence-corrected chi connectivity index (χ2v) is 6.37. The number of hydrogen-bond donors (Lipinski definition) is 3. The van der Waals surface area contributed by atoms with Crippen LogP contribution in [0.4, 0.5) is 29.3 Å². The van der Waals surface area contributed by atoms with Gasteiger partial charge in [0.15, 0.2) is 0 Å². The van der Waals surface area contributed by atoms with Gasteiger partial charge in [-0.15, -0.1) is 0 Å². The van der Waals surface area contributed by atoms with Gasteiger partial charge in [0.05, 0.1) is 11.9 Å². The zero-order valence-corrected chi connectivity index (χ0v) is 14.0. The molecule has 0 spiro atoms. The molecule has 2 rings (SSSR count). The van der Waals surface area contributed by atoms with Crippen LogP contribution in [0.5, 0.6) is 0 Å². The van der Waals surface area contributed by atoms with E-state index in [-0.39, 0.29) is 12.1 Å². The average molecular weight is 377 g/mol. The van der Waals surface area contributed by atoms with Crippen LogP contribution in [0.3, 0.4) is 0 Å². The van der Waals surface area contributed by atoms with Crippen LogP contribution in [0.25, 0.3) is 0 Å². The Morgan fingerprint density at radius 1 is 1.16 bits per heavy atom. The molecule has 0 radical (unpaired) electrons. The molecule has 25 heavy (non-hydrogen) atoms. The largest absolute Gasteiger partial charge is 0.442 e. The first-order chi connectivity index (χ1) is 11.8. The standard InChI is InChI=1S/C15H18F3N3O3S/c16-15(17,18)25-9-13(22)20-10-3-5-11(6-4-10)21-14(23)19-8-12-2-1-7-24-12/h3-6,12H,1-2,7-9H2,(H,20,22)(H2,19,21,23). The average Bonchev–Trinajstić information content (AvgIpc) is 3.06. The third-order valence-corrected chi connectivity index (χ3v) is 4.04. The quantitative estimate of drug-likeness (QED) is 0.711. The molecule has 3 amide bonds. The number of carbonyl (C=O) groups is 2. The van der Waals surface area contributed by atoms with Crippen molar-refractivity contribution in [2.24, 2.45) is 0 Å². The molecule has 0 bridgehead atoms. The summed E-state index contributed by atoms with van der Waals surface area (Å²) in [7, 11) is 0. The minimum absolute atomic E-state index is 0.0397. The second kappa shape index (κ2) is 8.95. The van der Waals surface area contributed by atoms with Gasteiger partial charge in [0.1, 0.15) is 0 Å². The van der Waals surface area contributed by atoms with E-state index < -0.39 is 28.9 Å². The van der Waals surface area contributed by atoms with Crippen molar-refractivity contribution >= 4 is 35.1 Å². The molecule has 3 N–H and O–H groups in total. The van der Waals surface area contributed by atoms with Gasteiger partial charge in [-0.2, -0.15) is 13.2 Å². The van der Waals surface area contributed by atoms with Gasteiger partial charge in [-0.25, -0.2) is 4.79 Å². The molecular formula is C15H18F3N3O3S. The lowest BCUT2D eigenvalue weighted by molar-refractivity contribution is -0.114. The first kappa shape index (κ1) is 19.4. The lowest BCUT2D eigenvalue weighted by atomic mass is 10.2. The van der Waals surface area contributed by atoms with E-state index >= 15 is 0 Å². The highest BCUT2D eigenvalue weighted by Gasteiger charge is 2.29. The molecule has 10 heteroatoms.